The average molecular weight is 230 g/mol. The molecule has 1 aliphatic heterocycles. The largest absolute Gasteiger partial charge is 0.354 e. The van der Waals surface area contributed by atoms with Gasteiger partial charge in [-0.1, -0.05) is 24.3 Å². The highest BCUT2D eigenvalue weighted by molar-refractivity contribution is 5.80. The van der Waals surface area contributed by atoms with E-state index in [4.69, 9.17) is 0 Å². The number of carbonyl (C=O) groups is 1. The van der Waals surface area contributed by atoms with E-state index in [9.17, 15) is 4.79 Å². The number of carbonyl (C=O) groups excluding carboxylic acids is 1. The third kappa shape index (κ3) is 2.50. The van der Waals surface area contributed by atoms with Gasteiger partial charge in [-0.2, -0.15) is 0 Å². The first-order valence-electron chi connectivity index (χ1n) is 6.41. The molecule has 0 bridgehead atoms. The van der Waals surface area contributed by atoms with Crippen molar-refractivity contribution in [2.24, 2.45) is 5.92 Å². The van der Waals surface area contributed by atoms with Crippen LogP contribution in [0.25, 0.3) is 0 Å². The van der Waals surface area contributed by atoms with E-state index in [1.807, 2.05) is 0 Å². The molecule has 1 atom stereocenters. The van der Waals surface area contributed by atoms with Crippen molar-refractivity contribution < 1.29 is 4.79 Å². The molecule has 1 heterocycles. The molecule has 1 aliphatic carbocycles. The minimum Gasteiger partial charge on any atom is -0.354 e. The van der Waals surface area contributed by atoms with Crippen molar-refractivity contribution in [3.63, 3.8) is 0 Å². The van der Waals surface area contributed by atoms with Gasteiger partial charge in [0, 0.05) is 25.0 Å². The highest BCUT2D eigenvalue weighted by Crippen LogP contribution is 2.28. The van der Waals surface area contributed by atoms with E-state index < -0.39 is 0 Å². The predicted octanol–water partition coefficient (Wildman–Crippen LogP) is 1.23. The fourth-order valence-electron chi connectivity index (χ4n) is 2.38. The second-order valence-electron chi connectivity index (χ2n) is 5.07. The Morgan fingerprint density at radius 3 is 2.82 bits per heavy atom. The van der Waals surface area contributed by atoms with Gasteiger partial charge in [0.2, 0.25) is 5.91 Å². The van der Waals surface area contributed by atoms with Gasteiger partial charge in [0.25, 0.3) is 0 Å². The van der Waals surface area contributed by atoms with E-state index in [0.29, 0.717) is 12.0 Å². The minimum absolute atomic E-state index is 0.241. The SMILES string of the molecule is O=C(NC[C@@H]1Cc2ccccc2CN1)C1CC1. The van der Waals surface area contributed by atoms with Gasteiger partial charge in [-0.15, -0.1) is 0 Å². The lowest BCUT2D eigenvalue weighted by atomic mass is 9.96. The summed E-state index contributed by atoms with van der Waals surface area (Å²) in [4.78, 5) is 11.6. The van der Waals surface area contributed by atoms with Crippen LogP contribution in [0.3, 0.4) is 0 Å². The molecule has 0 unspecified atom stereocenters. The Labute approximate surface area is 102 Å². The van der Waals surface area contributed by atoms with Crippen molar-refractivity contribution in [1.82, 2.24) is 10.6 Å². The highest BCUT2D eigenvalue weighted by atomic mass is 16.2. The topological polar surface area (TPSA) is 41.1 Å². The zero-order valence-corrected chi connectivity index (χ0v) is 9.91. The normalized spacial score (nSPS) is 22.9. The Bertz CT molecular complexity index is 426. The summed E-state index contributed by atoms with van der Waals surface area (Å²) in [6, 6.07) is 8.90. The lowest BCUT2D eigenvalue weighted by Crippen LogP contribution is -2.44. The molecule has 90 valence electrons. The fourth-order valence-corrected chi connectivity index (χ4v) is 2.38. The van der Waals surface area contributed by atoms with Gasteiger partial charge in [0.05, 0.1) is 0 Å². The Morgan fingerprint density at radius 1 is 1.29 bits per heavy atom. The monoisotopic (exact) mass is 230 g/mol. The lowest BCUT2D eigenvalue weighted by molar-refractivity contribution is -0.122. The summed E-state index contributed by atoms with van der Waals surface area (Å²) in [5.74, 6) is 0.552. The maximum absolute atomic E-state index is 11.6. The average Bonchev–Trinajstić information content (AvgIpc) is 3.20. The molecular formula is C14H18N2O. The van der Waals surface area contributed by atoms with Gasteiger partial charge in [0.15, 0.2) is 0 Å². The van der Waals surface area contributed by atoms with Crippen molar-refractivity contribution >= 4 is 5.91 Å². The number of hydrogen-bond donors (Lipinski definition) is 2. The van der Waals surface area contributed by atoms with Crippen molar-refractivity contribution in [2.45, 2.75) is 31.8 Å². The Kier molecular flexibility index (Phi) is 2.85. The molecule has 1 fully saturated rings. The van der Waals surface area contributed by atoms with Gasteiger partial charge in [0.1, 0.15) is 0 Å². The second-order valence-corrected chi connectivity index (χ2v) is 5.07. The van der Waals surface area contributed by atoms with Crippen LogP contribution in [-0.2, 0) is 17.8 Å². The minimum atomic E-state index is 0.241. The van der Waals surface area contributed by atoms with E-state index in [1.54, 1.807) is 0 Å². The highest BCUT2D eigenvalue weighted by Gasteiger charge is 2.30. The molecule has 17 heavy (non-hydrogen) atoms. The molecule has 1 saturated carbocycles. The van der Waals surface area contributed by atoms with Crippen molar-refractivity contribution in [1.29, 1.82) is 0 Å². The molecular weight excluding hydrogens is 212 g/mol. The molecule has 2 aliphatic rings. The first kappa shape index (κ1) is 10.8. The predicted molar refractivity (Wildman–Crippen MR) is 66.5 cm³/mol. The Balaban J connectivity index is 1.55. The summed E-state index contributed by atoms with van der Waals surface area (Å²) in [7, 11) is 0. The number of amides is 1. The number of benzene rings is 1. The molecule has 1 amide bonds. The molecule has 1 aromatic carbocycles. The van der Waals surface area contributed by atoms with Gasteiger partial charge in [-0.3, -0.25) is 4.79 Å². The van der Waals surface area contributed by atoms with Crippen LogP contribution in [0, 0.1) is 5.92 Å². The summed E-state index contributed by atoms with van der Waals surface area (Å²) in [5.41, 5.74) is 2.80. The Hall–Kier alpha value is -1.35. The van der Waals surface area contributed by atoms with Crippen LogP contribution in [0.1, 0.15) is 24.0 Å². The van der Waals surface area contributed by atoms with Crippen LogP contribution in [0.5, 0.6) is 0 Å². The van der Waals surface area contributed by atoms with Crippen molar-refractivity contribution in [3.05, 3.63) is 35.4 Å². The third-order valence-electron chi connectivity index (χ3n) is 3.64. The Morgan fingerprint density at radius 2 is 2.06 bits per heavy atom. The summed E-state index contributed by atoms with van der Waals surface area (Å²) < 4.78 is 0. The lowest BCUT2D eigenvalue weighted by Gasteiger charge is -2.26. The van der Waals surface area contributed by atoms with Crippen molar-refractivity contribution in [3.8, 4) is 0 Å². The van der Waals surface area contributed by atoms with Gasteiger partial charge >= 0.3 is 0 Å². The standard InChI is InChI=1S/C14H18N2O/c17-14(10-5-6-10)16-9-13-7-11-3-1-2-4-12(11)8-15-13/h1-4,10,13,15H,5-9H2,(H,16,17)/t13-/m0/s1. The van der Waals surface area contributed by atoms with E-state index in [-0.39, 0.29) is 5.91 Å². The number of fused-ring (bicyclic) bond motifs is 1. The first-order valence-corrected chi connectivity index (χ1v) is 6.41. The molecule has 0 spiro atoms. The molecule has 1 aromatic rings. The van der Waals surface area contributed by atoms with E-state index in [2.05, 4.69) is 34.9 Å². The van der Waals surface area contributed by atoms with Crippen LogP contribution < -0.4 is 10.6 Å². The maximum Gasteiger partial charge on any atom is 0.223 e. The first-order chi connectivity index (χ1) is 8.33. The van der Waals surface area contributed by atoms with E-state index >= 15 is 0 Å². The maximum atomic E-state index is 11.6. The molecule has 0 aromatic heterocycles. The molecule has 3 rings (SSSR count). The summed E-state index contributed by atoms with van der Waals surface area (Å²) in [6.07, 6.45) is 3.17. The molecule has 3 heteroatoms. The van der Waals surface area contributed by atoms with E-state index in [0.717, 1.165) is 32.4 Å². The summed E-state index contributed by atoms with van der Waals surface area (Å²) in [5, 5.41) is 6.52. The van der Waals surface area contributed by atoms with Gasteiger partial charge in [-0.25, -0.2) is 0 Å². The van der Waals surface area contributed by atoms with Crippen LogP contribution >= 0.6 is 0 Å². The fraction of sp³-hybridized carbons (Fsp3) is 0.500. The van der Waals surface area contributed by atoms with Crippen LogP contribution in [-0.4, -0.2) is 18.5 Å². The second kappa shape index (κ2) is 4.49. The quantitative estimate of drug-likeness (QED) is 0.820. The third-order valence-corrected chi connectivity index (χ3v) is 3.64. The smallest absolute Gasteiger partial charge is 0.223 e. The van der Waals surface area contributed by atoms with Gasteiger partial charge in [-0.05, 0) is 30.4 Å². The summed E-state index contributed by atoms with van der Waals surface area (Å²) in [6.45, 7) is 1.67. The van der Waals surface area contributed by atoms with Crippen LogP contribution in [0.4, 0.5) is 0 Å². The zero-order chi connectivity index (χ0) is 11.7. The number of rotatable bonds is 3. The number of hydrogen-bond acceptors (Lipinski definition) is 2. The van der Waals surface area contributed by atoms with Gasteiger partial charge < -0.3 is 10.6 Å². The van der Waals surface area contributed by atoms with E-state index in [1.165, 1.54) is 11.1 Å². The van der Waals surface area contributed by atoms with Crippen LogP contribution in [0.2, 0.25) is 0 Å². The molecule has 2 N–H and O–H groups in total. The van der Waals surface area contributed by atoms with Crippen LogP contribution in [0.15, 0.2) is 24.3 Å². The van der Waals surface area contributed by atoms with Crippen molar-refractivity contribution in [2.75, 3.05) is 6.54 Å². The number of nitrogens with one attached hydrogen (secondary N) is 2. The molecule has 0 radical (unpaired) electrons. The molecule has 3 nitrogen and oxygen atoms in total. The molecule has 0 saturated heterocycles. The zero-order valence-electron chi connectivity index (χ0n) is 9.91. The summed E-state index contributed by atoms with van der Waals surface area (Å²) >= 11 is 0.